The molecule has 9 heteroatoms. The summed E-state index contributed by atoms with van der Waals surface area (Å²) in [6, 6.07) is 11.2. The number of amides is 1. The number of ether oxygens (including phenoxy) is 2. The molecule has 0 saturated heterocycles. The average molecular weight is 486 g/mol. The molecule has 2 aromatic carbocycles. The highest BCUT2D eigenvalue weighted by Gasteiger charge is 2.13. The summed E-state index contributed by atoms with van der Waals surface area (Å²) in [6.45, 7) is 0.771. The summed E-state index contributed by atoms with van der Waals surface area (Å²) in [4.78, 5) is 16.0. The lowest BCUT2D eigenvalue weighted by molar-refractivity contribution is -0.115. The molecule has 3 rings (SSSR count). The van der Waals surface area contributed by atoms with Crippen molar-refractivity contribution >= 4 is 41.5 Å². The summed E-state index contributed by atoms with van der Waals surface area (Å²) in [5, 5.41) is 8.71. The number of nitrogens with one attached hydrogen (secondary N) is 3. The van der Waals surface area contributed by atoms with E-state index in [0.29, 0.717) is 23.9 Å². The zero-order valence-electron chi connectivity index (χ0n) is 14.6. The van der Waals surface area contributed by atoms with Gasteiger partial charge in [-0.25, -0.2) is 4.39 Å². The third-order valence-electron chi connectivity index (χ3n) is 3.66. The van der Waals surface area contributed by atoms with Gasteiger partial charge in [0.15, 0.2) is 17.5 Å². The lowest BCUT2D eigenvalue weighted by Crippen LogP contribution is -2.41. The molecular formula is C18H20FIN4O3. The van der Waals surface area contributed by atoms with Crippen molar-refractivity contribution in [3.63, 3.8) is 0 Å². The van der Waals surface area contributed by atoms with Gasteiger partial charge in [-0.3, -0.25) is 9.79 Å². The van der Waals surface area contributed by atoms with Crippen LogP contribution >= 0.6 is 24.0 Å². The van der Waals surface area contributed by atoms with Crippen LogP contribution in [-0.2, 0) is 11.3 Å². The molecule has 0 atom stereocenters. The summed E-state index contributed by atoms with van der Waals surface area (Å²) in [5.41, 5.74) is 1.52. The Morgan fingerprint density at radius 2 is 1.85 bits per heavy atom. The molecule has 27 heavy (non-hydrogen) atoms. The third kappa shape index (κ3) is 5.98. The first-order valence-corrected chi connectivity index (χ1v) is 8.02. The normalized spacial score (nSPS) is 12.1. The number of hydrogen-bond acceptors (Lipinski definition) is 4. The number of nitrogens with zero attached hydrogens (tertiary/aromatic N) is 1. The van der Waals surface area contributed by atoms with Crippen LogP contribution in [0.5, 0.6) is 11.5 Å². The van der Waals surface area contributed by atoms with E-state index in [0.717, 1.165) is 11.3 Å². The Morgan fingerprint density at radius 1 is 1.11 bits per heavy atom. The Kier molecular flexibility index (Phi) is 7.65. The topological polar surface area (TPSA) is 84.0 Å². The Balaban J connectivity index is 0.00000261. The van der Waals surface area contributed by atoms with Gasteiger partial charge in [-0.2, -0.15) is 0 Å². The van der Waals surface area contributed by atoms with Gasteiger partial charge in [-0.15, -0.1) is 24.0 Å². The van der Waals surface area contributed by atoms with Crippen molar-refractivity contribution in [2.45, 2.75) is 6.54 Å². The molecular weight excluding hydrogens is 466 g/mol. The van der Waals surface area contributed by atoms with Crippen LogP contribution in [0.1, 0.15) is 5.56 Å². The lowest BCUT2D eigenvalue weighted by Gasteiger charge is -2.12. The quantitative estimate of drug-likeness (QED) is 0.344. The molecule has 1 amide bonds. The molecule has 0 saturated carbocycles. The van der Waals surface area contributed by atoms with Gasteiger partial charge in [0.2, 0.25) is 12.7 Å². The van der Waals surface area contributed by atoms with E-state index in [9.17, 15) is 9.18 Å². The molecule has 144 valence electrons. The second kappa shape index (κ2) is 9.95. The molecule has 7 nitrogen and oxygen atoms in total. The van der Waals surface area contributed by atoms with Crippen molar-refractivity contribution in [3.8, 4) is 11.5 Å². The monoisotopic (exact) mass is 486 g/mol. The van der Waals surface area contributed by atoms with Crippen LogP contribution < -0.4 is 25.4 Å². The minimum absolute atomic E-state index is 0. The van der Waals surface area contributed by atoms with Crippen LogP contribution in [0.4, 0.5) is 10.1 Å². The number of anilines is 1. The van der Waals surface area contributed by atoms with Gasteiger partial charge < -0.3 is 25.4 Å². The molecule has 0 unspecified atom stereocenters. The Morgan fingerprint density at radius 3 is 2.59 bits per heavy atom. The largest absolute Gasteiger partial charge is 0.454 e. The van der Waals surface area contributed by atoms with E-state index >= 15 is 0 Å². The van der Waals surface area contributed by atoms with Crippen LogP contribution in [-0.4, -0.2) is 32.3 Å². The van der Waals surface area contributed by atoms with Gasteiger partial charge in [0.1, 0.15) is 5.82 Å². The first-order chi connectivity index (χ1) is 12.6. The Hall–Kier alpha value is -2.56. The molecule has 0 radical (unpaired) electrons. The molecule has 0 aromatic heterocycles. The van der Waals surface area contributed by atoms with Crippen molar-refractivity contribution < 1.29 is 18.7 Å². The maximum Gasteiger partial charge on any atom is 0.243 e. The standard InChI is InChI=1S/C18H19FN4O3.HI/c1-20-18(21-9-12-2-7-15-16(8-12)26-11-25-15)22-10-17(24)23-14-5-3-13(19)4-6-14;/h2-8H,9-11H2,1H3,(H,23,24)(H2,20,21,22);1H. The van der Waals surface area contributed by atoms with Gasteiger partial charge >= 0.3 is 0 Å². The van der Waals surface area contributed by atoms with Gasteiger partial charge in [0.05, 0.1) is 6.54 Å². The van der Waals surface area contributed by atoms with E-state index in [1.807, 2.05) is 18.2 Å². The van der Waals surface area contributed by atoms with Crippen LogP contribution in [0.25, 0.3) is 0 Å². The summed E-state index contributed by atoms with van der Waals surface area (Å²) in [5.74, 6) is 1.31. The van der Waals surface area contributed by atoms with E-state index < -0.39 is 0 Å². The summed E-state index contributed by atoms with van der Waals surface area (Å²) >= 11 is 0. The molecule has 2 aromatic rings. The van der Waals surface area contributed by atoms with E-state index in [4.69, 9.17) is 9.47 Å². The van der Waals surface area contributed by atoms with Gasteiger partial charge in [-0.1, -0.05) is 6.07 Å². The SMILES string of the molecule is CN=C(NCC(=O)Nc1ccc(F)cc1)NCc1ccc2c(c1)OCO2.I. The molecule has 0 bridgehead atoms. The summed E-state index contributed by atoms with van der Waals surface area (Å²) in [6.07, 6.45) is 0. The molecule has 0 fully saturated rings. The van der Waals surface area contributed by atoms with Crippen molar-refractivity contribution in [2.75, 3.05) is 25.7 Å². The number of hydrogen-bond donors (Lipinski definition) is 3. The molecule has 3 N–H and O–H groups in total. The Labute approximate surface area is 173 Å². The second-order valence-electron chi connectivity index (χ2n) is 5.52. The Bertz CT molecular complexity index is 815. The number of halogens is 2. The van der Waals surface area contributed by atoms with Crippen LogP contribution in [0, 0.1) is 5.82 Å². The first kappa shape index (κ1) is 20.7. The fourth-order valence-corrected chi connectivity index (χ4v) is 2.36. The number of benzene rings is 2. The highest BCUT2D eigenvalue weighted by molar-refractivity contribution is 14.0. The van der Waals surface area contributed by atoms with E-state index in [-0.39, 0.29) is 49.0 Å². The zero-order valence-corrected chi connectivity index (χ0v) is 17.0. The van der Waals surface area contributed by atoms with E-state index in [1.165, 1.54) is 24.3 Å². The van der Waals surface area contributed by atoms with Crippen LogP contribution in [0.3, 0.4) is 0 Å². The maximum absolute atomic E-state index is 12.9. The molecule has 1 aliphatic rings. The minimum Gasteiger partial charge on any atom is -0.454 e. The highest BCUT2D eigenvalue weighted by Crippen LogP contribution is 2.32. The fraction of sp³-hybridized carbons (Fsp3) is 0.222. The van der Waals surface area contributed by atoms with E-state index in [2.05, 4.69) is 20.9 Å². The maximum atomic E-state index is 12.9. The minimum atomic E-state index is -0.353. The first-order valence-electron chi connectivity index (χ1n) is 8.02. The second-order valence-corrected chi connectivity index (χ2v) is 5.52. The van der Waals surface area contributed by atoms with Gasteiger partial charge in [0.25, 0.3) is 0 Å². The molecule has 0 aliphatic carbocycles. The molecule has 0 spiro atoms. The molecule has 1 aliphatic heterocycles. The fourth-order valence-electron chi connectivity index (χ4n) is 2.36. The number of carbonyl (C=O) groups excluding carboxylic acids is 1. The van der Waals surface area contributed by atoms with Gasteiger partial charge in [-0.05, 0) is 42.0 Å². The van der Waals surface area contributed by atoms with Crippen LogP contribution in [0.2, 0.25) is 0 Å². The smallest absolute Gasteiger partial charge is 0.243 e. The number of carbonyl (C=O) groups is 1. The van der Waals surface area contributed by atoms with Gasteiger partial charge in [0, 0.05) is 19.3 Å². The highest BCUT2D eigenvalue weighted by atomic mass is 127. The third-order valence-corrected chi connectivity index (χ3v) is 3.66. The number of rotatable bonds is 5. The predicted octanol–water partition coefficient (Wildman–Crippen LogP) is 2.48. The zero-order chi connectivity index (χ0) is 18.4. The molecule has 1 heterocycles. The van der Waals surface area contributed by atoms with Crippen molar-refractivity contribution in [2.24, 2.45) is 4.99 Å². The predicted molar refractivity (Wildman–Crippen MR) is 111 cm³/mol. The van der Waals surface area contributed by atoms with Crippen LogP contribution in [0.15, 0.2) is 47.5 Å². The number of guanidine groups is 1. The van der Waals surface area contributed by atoms with E-state index in [1.54, 1.807) is 7.05 Å². The summed E-state index contributed by atoms with van der Waals surface area (Å²) in [7, 11) is 1.62. The van der Waals surface area contributed by atoms with Crippen molar-refractivity contribution in [1.29, 1.82) is 0 Å². The average Bonchev–Trinajstić information content (AvgIpc) is 3.11. The number of fused-ring (bicyclic) bond motifs is 1. The number of aliphatic imine (C=N–C) groups is 1. The van der Waals surface area contributed by atoms with Crippen molar-refractivity contribution in [3.05, 3.63) is 53.8 Å². The lowest BCUT2D eigenvalue weighted by atomic mass is 10.2. The van der Waals surface area contributed by atoms with Crippen molar-refractivity contribution in [1.82, 2.24) is 10.6 Å². The summed E-state index contributed by atoms with van der Waals surface area (Å²) < 4.78 is 23.5.